The fourth-order valence-corrected chi connectivity index (χ4v) is 6.62. The van der Waals surface area contributed by atoms with E-state index >= 15 is 0 Å². The van der Waals surface area contributed by atoms with Crippen LogP contribution >= 0.6 is 34.5 Å². The lowest BCUT2D eigenvalue weighted by atomic mass is 9.93. The zero-order chi connectivity index (χ0) is 26.6. The molecule has 4 aromatic rings. The fraction of sp³-hybridized carbons (Fsp3) is 0.290. The Balaban J connectivity index is 1.44. The van der Waals surface area contributed by atoms with Crippen LogP contribution in [0.5, 0.6) is 0 Å². The molecule has 1 aliphatic rings. The van der Waals surface area contributed by atoms with Crippen LogP contribution in [0.2, 0.25) is 10.0 Å². The first-order valence-electron chi connectivity index (χ1n) is 13.0. The van der Waals surface area contributed by atoms with E-state index in [0.29, 0.717) is 28.7 Å². The molecule has 2 heterocycles. The zero-order valence-corrected chi connectivity index (χ0v) is 23.7. The van der Waals surface area contributed by atoms with E-state index in [9.17, 15) is 9.59 Å². The van der Waals surface area contributed by atoms with E-state index in [1.165, 1.54) is 4.88 Å². The van der Waals surface area contributed by atoms with Gasteiger partial charge in [0.05, 0.1) is 6.04 Å². The highest BCUT2D eigenvalue weighted by Gasteiger charge is 2.35. The Morgan fingerprint density at radius 3 is 2.58 bits per heavy atom. The number of halogens is 2. The predicted octanol–water partition coefficient (Wildman–Crippen LogP) is 8.01. The van der Waals surface area contributed by atoms with Crippen molar-refractivity contribution >= 4 is 57.1 Å². The molecule has 1 unspecified atom stereocenters. The number of rotatable bonds is 8. The topological polar surface area (TPSA) is 40.6 Å². The van der Waals surface area contributed by atoms with E-state index in [4.69, 9.17) is 23.2 Å². The minimum Gasteiger partial charge on any atom is -0.330 e. The van der Waals surface area contributed by atoms with E-state index in [-0.39, 0.29) is 24.4 Å². The van der Waals surface area contributed by atoms with Crippen molar-refractivity contribution in [3.05, 3.63) is 104 Å². The third kappa shape index (κ3) is 5.61. The van der Waals surface area contributed by atoms with Gasteiger partial charge in [0.25, 0.3) is 5.91 Å². The molecule has 0 saturated heterocycles. The van der Waals surface area contributed by atoms with Gasteiger partial charge in [-0.2, -0.15) is 0 Å². The second-order valence-electron chi connectivity index (χ2n) is 9.70. The van der Waals surface area contributed by atoms with Crippen LogP contribution in [0.15, 0.2) is 72.1 Å². The molecule has 5 rings (SSSR count). The Labute approximate surface area is 237 Å². The van der Waals surface area contributed by atoms with Gasteiger partial charge in [0, 0.05) is 33.6 Å². The maximum atomic E-state index is 13.9. The van der Waals surface area contributed by atoms with Crippen molar-refractivity contribution in [1.82, 2.24) is 9.80 Å². The zero-order valence-electron chi connectivity index (χ0n) is 21.3. The summed E-state index contributed by atoms with van der Waals surface area (Å²) in [4.78, 5) is 32.5. The van der Waals surface area contributed by atoms with Crippen LogP contribution in [-0.4, -0.2) is 41.2 Å². The largest absolute Gasteiger partial charge is 0.330 e. The number of amides is 2. The van der Waals surface area contributed by atoms with Gasteiger partial charge in [-0.3, -0.25) is 9.59 Å². The smallest absolute Gasteiger partial charge is 0.254 e. The predicted molar refractivity (Wildman–Crippen MR) is 157 cm³/mol. The summed E-state index contributed by atoms with van der Waals surface area (Å²) in [6.45, 7) is 3.27. The molecule has 1 atom stereocenters. The number of unbranched alkanes of at least 4 members (excludes halogenated alkanes) is 2. The molecular formula is C31H30Cl2N2O2S. The van der Waals surface area contributed by atoms with Gasteiger partial charge in [-0.1, -0.05) is 79.4 Å². The Kier molecular flexibility index (Phi) is 8.37. The number of hydrogen-bond donors (Lipinski definition) is 0. The lowest BCUT2D eigenvalue weighted by Gasteiger charge is -2.38. The highest BCUT2D eigenvalue weighted by Crippen LogP contribution is 2.41. The maximum Gasteiger partial charge on any atom is 0.254 e. The van der Waals surface area contributed by atoms with Crippen LogP contribution < -0.4 is 0 Å². The van der Waals surface area contributed by atoms with Gasteiger partial charge in [0.15, 0.2) is 0 Å². The van der Waals surface area contributed by atoms with Crippen LogP contribution in [0.25, 0.3) is 10.8 Å². The number of carbonyl (C=O) groups is 2. The molecule has 4 nitrogen and oxygen atoms in total. The minimum absolute atomic E-state index is 0.0244. The van der Waals surface area contributed by atoms with E-state index < -0.39 is 0 Å². The summed E-state index contributed by atoms with van der Waals surface area (Å²) in [5, 5.41) is 5.25. The van der Waals surface area contributed by atoms with Crippen LogP contribution in [-0.2, 0) is 11.2 Å². The van der Waals surface area contributed by atoms with Crippen molar-refractivity contribution in [3.8, 4) is 0 Å². The fourth-order valence-electron chi connectivity index (χ4n) is 5.21. The van der Waals surface area contributed by atoms with Crippen LogP contribution in [0.3, 0.4) is 0 Å². The van der Waals surface area contributed by atoms with E-state index in [2.05, 4.69) is 18.4 Å². The van der Waals surface area contributed by atoms with Gasteiger partial charge < -0.3 is 9.80 Å². The van der Waals surface area contributed by atoms with E-state index in [0.717, 1.165) is 47.6 Å². The highest BCUT2D eigenvalue weighted by molar-refractivity contribution is 7.10. The first-order valence-corrected chi connectivity index (χ1v) is 14.7. The SMILES string of the molecule is CCCCCN(CC(=O)N1CCc2sccc2C1c1ccc(Cl)cc1Cl)C(=O)c1ccc2ccccc2c1. The van der Waals surface area contributed by atoms with Gasteiger partial charge in [-0.05, 0) is 70.5 Å². The summed E-state index contributed by atoms with van der Waals surface area (Å²) >= 11 is 14.5. The van der Waals surface area contributed by atoms with Crippen molar-refractivity contribution in [2.75, 3.05) is 19.6 Å². The van der Waals surface area contributed by atoms with Crippen molar-refractivity contribution < 1.29 is 9.59 Å². The molecule has 0 saturated carbocycles. The molecule has 7 heteroatoms. The molecule has 1 aromatic heterocycles. The summed E-state index contributed by atoms with van der Waals surface area (Å²) in [6, 6.07) is 20.9. The monoisotopic (exact) mass is 564 g/mol. The second kappa shape index (κ2) is 11.9. The Bertz CT molecular complexity index is 1470. The van der Waals surface area contributed by atoms with Crippen LogP contribution in [0, 0.1) is 0 Å². The summed E-state index contributed by atoms with van der Waals surface area (Å²) in [5.74, 6) is -0.196. The van der Waals surface area contributed by atoms with Crippen molar-refractivity contribution in [2.45, 2.75) is 38.6 Å². The molecule has 3 aromatic carbocycles. The standard InChI is InChI=1S/C31H30Cl2N2O2S/c1-2-3-6-15-34(31(37)23-10-9-21-7-4-5-8-22(21)18-23)20-29(36)35-16-13-28-26(14-17-38-28)30(35)25-12-11-24(32)19-27(25)33/h4-5,7-12,14,17-19,30H,2-3,6,13,15-16,20H2,1H3. The number of fused-ring (bicyclic) bond motifs is 2. The lowest BCUT2D eigenvalue weighted by molar-refractivity contribution is -0.134. The average molecular weight is 566 g/mol. The molecule has 0 bridgehead atoms. The maximum absolute atomic E-state index is 13.9. The normalized spacial score (nSPS) is 14.9. The Morgan fingerprint density at radius 1 is 0.974 bits per heavy atom. The average Bonchev–Trinajstić information content (AvgIpc) is 3.41. The highest BCUT2D eigenvalue weighted by atomic mass is 35.5. The molecule has 0 radical (unpaired) electrons. The number of nitrogens with zero attached hydrogens (tertiary/aromatic N) is 2. The summed E-state index contributed by atoms with van der Waals surface area (Å²) in [7, 11) is 0. The molecule has 1 aliphatic heterocycles. The molecule has 2 amide bonds. The molecular weight excluding hydrogens is 535 g/mol. The third-order valence-electron chi connectivity index (χ3n) is 7.18. The lowest BCUT2D eigenvalue weighted by Crippen LogP contribution is -2.47. The van der Waals surface area contributed by atoms with Crippen LogP contribution in [0.1, 0.15) is 58.6 Å². The molecule has 38 heavy (non-hydrogen) atoms. The molecule has 196 valence electrons. The van der Waals surface area contributed by atoms with Gasteiger partial charge in [-0.15, -0.1) is 11.3 Å². The number of benzene rings is 3. The number of carbonyl (C=O) groups excluding carboxylic acids is 2. The van der Waals surface area contributed by atoms with Crippen LogP contribution in [0.4, 0.5) is 0 Å². The Hall–Kier alpha value is -2.86. The quantitative estimate of drug-likeness (QED) is 0.203. The van der Waals surface area contributed by atoms with Crippen molar-refractivity contribution in [3.63, 3.8) is 0 Å². The van der Waals surface area contributed by atoms with E-state index in [1.54, 1.807) is 22.3 Å². The number of thiophene rings is 1. The number of hydrogen-bond acceptors (Lipinski definition) is 3. The minimum atomic E-state index is -0.310. The summed E-state index contributed by atoms with van der Waals surface area (Å²) < 4.78 is 0. The van der Waals surface area contributed by atoms with Gasteiger partial charge >= 0.3 is 0 Å². The van der Waals surface area contributed by atoms with Crippen molar-refractivity contribution in [2.24, 2.45) is 0 Å². The molecule has 0 N–H and O–H groups in total. The molecule has 0 spiro atoms. The summed E-state index contributed by atoms with van der Waals surface area (Å²) in [5.41, 5.74) is 2.54. The molecule has 0 fully saturated rings. The van der Waals surface area contributed by atoms with E-state index in [1.807, 2.05) is 59.5 Å². The van der Waals surface area contributed by atoms with Gasteiger partial charge in [0.1, 0.15) is 6.54 Å². The van der Waals surface area contributed by atoms with Gasteiger partial charge in [0.2, 0.25) is 5.91 Å². The first kappa shape index (κ1) is 26.7. The Morgan fingerprint density at radius 2 is 1.79 bits per heavy atom. The third-order valence-corrected chi connectivity index (χ3v) is 8.74. The summed E-state index contributed by atoms with van der Waals surface area (Å²) in [6.07, 6.45) is 3.68. The van der Waals surface area contributed by atoms with Crippen molar-refractivity contribution in [1.29, 1.82) is 0 Å². The second-order valence-corrected chi connectivity index (χ2v) is 11.5. The first-order chi connectivity index (χ1) is 18.5. The molecule has 0 aliphatic carbocycles. The van der Waals surface area contributed by atoms with Gasteiger partial charge in [-0.25, -0.2) is 0 Å².